The highest BCUT2D eigenvalue weighted by Crippen LogP contribution is 2.34. The van der Waals surface area contributed by atoms with E-state index in [4.69, 9.17) is 5.11 Å². The topological polar surface area (TPSA) is 32.3 Å². The molecule has 6 heteroatoms. The molecule has 1 rings (SSSR count). The summed E-state index contributed by atoms with van der Waals surface area (Å²) >= 11 is 0. The maximum Gasteiger partial charge on any atom is 0.416 e. The third-order valence-corrected chi connectivity index (χ3v) is 2.23. The second-order valence-electron chi connectivity index (χ2n) is 3.25. The summed E-state index contributed by atoms with van der Waals surface area (Å²) in [6.07, 6.45) is -4.64. The Morgan fingerprint density at radius 1 is 1.38 bits per heavy atom. The molecule has 0 amide bonds. The summed E-state index contributed by atoms with van der Waals surface area (Å²) < 4.78 is 50.5. The monoisotopic (exact) mass is 237 g/mol. The first-order valence-corrected chi connectivity index (χ1v) is 4.55. The van der Waals surface area contributed by atoms with Gasteiger partial charge in [0, 0.05) is 0 Å². The summed E-state index contributed by atoms with van der Waals surface area (Å²) in [7, 11) is 1.42. The lowest BCUT2D eigenvalue weighted by Crippen LogP contribution is -2.23. The van der Waals surface area contributed by atoms with E-state index in [0.717, 1.165) is 12.1 Å². The van der Waals surface area contributed by atoms with E-state index in [1.807, 2.05) is 0 Å². The molecule has 2 N–H and O–H groups in total. The molecule has 0 aliphatic rings. The highest BCUT2D eigenvalue weighted by Gasteiger charge is 2.35. The van der Waals surface area contributed by atoms with Gasteiger partial charge in [-0.2, -0.15) is 13.2 Å². The van der Waals surface area contributed by atoms with Crippen molar-refractivity contribution in [2.24, 2.45) is 0 Å². The number of aliphatic hydroxyl groups excluding tert-OH is 1. The number of likely N-dealkylation sites (N-methyl/N-ethyl adjacent to an activating group) is 1. The largest absolute Gasteiger partial charge is 0.416 e. The Kier molecular flexibility index (Phi) is 3.88. The Hall–Kier alpha value is -1.14. The molecule has 0 saturated carbocycles. The molecule has 0 bridgehead atoms. The second kappa shape index (κ2) is 4.80. The van der Waals surface area contributed by atoms with E-state index < -0.39 is 30.2 Å². The van der Waals surface area contributed by atoms with Gasteiger partial charge in [0.1, 0.15) is 5.82 Å². The molecule has 2 nitrogen and oxygen atoms in total. The molecule has 1 aromatic rings. The highest BCUT2D eigenvalue weighted by atomic mass is 19.4. The SMILES string of the molecule is CNC(CO)c1ccc(F)cc1C(F)(F)F. The molecule has 0 fully saturated rings. The maximum absolute atomic E-state index is 12.8. The molecule has 16 heavy (non-hydrogen) atoms. The van der Waals surface area contributed by atoms with Crippen molar-refractivity contribution < 1.29 is 22.7 Å². The summed E-state index contributed by atoms with van der Waals surface area (Å²) in [5, 5.41) is 11.4. The van der Waals surface area contributed by atoms with E-state index in [9.17, 15) is 17.6 Å². The van der Waals surface area contributed by atoms with Gasteiger partial charge in [0.15, 0.2) is 0 Å². The first-order valence-electron chi connectivity index (χ1n) is 4.55. The van der Waals surface area contributed by atoms with Crippen molar-refractivity contribution in [2.45, 2.75) is 12.2 Å². The summed E-state index contributed by atoms with van der Waals surface area (Å²) in [5.74, 6) is -0.955. The van der Waals surface area contributed by atoms with Gasteiger partial charge in [0.2, 0.25) is 0 Å². The summed E-state index contributed by atoms with van der Waals surface area (Å²) in [6.45, 7) is -0.495. The Balaban J connectivity index is 3.27. The lowest BCUT2D eigenvalue weighted by atomic mass is 10.0. The van der Waals surface area contributed by atoms with Crippen LogP contribution in [0.4, 0.5) is 17.6 Å². The Morgan fingerprint density at radius 2 is 2.00 bits per heavy atom. The number of hydrogen-bond acceptors (Lipinski definition) is 2. The third kappa shape index (κ3) is 2.70. The molecule has 1 aromatic carbocycles. The van der Waals surface area contributed by atoms with Gasteiger partial charge in [-0.15, -0.1) is 0 Å². The molecule has 0 aliphatic carbocycles. The zero-order valence-electron chi connectivity index (χ0n) is 8.48. The second-order valence-corrected chi connectivity index (χ2v) is 3.25. The van der Waals surface area contributed by atoms with Gasteiger partial charge in [0.05, 0.1) is 18.2 Å². The molecule has 0 heterocycles. The Bertz CT molecular complexity index is 360. The van der Waals surface area contributed by atoms with Crippen molar-refractivity contribution in [1.82, 2.24) is 5.32 Å². The first kappa shape index (κ1) is 12.9. The summed E-state index contributed by atoms with van der Waals surface area (Å²) in [5.41, 5.74) is -1.24. The number of nitrogens with one attached hydrogen (secondary N) is 1. The maximum atomic E-state index is 12.8. The number of rotatable bonds is 3. The molecule has 1 unspecified atom stereocenters. The van der Waals surface area contributed by atoms with Gasteiger partial charge in [-0.05, 0) is 24.7 Å². The predicted octanol–water partition coefficient (Wildman–Crippen LogP) is 2.10. The Morgan fingerprint density at radius 3 is 2.44 bits per heavy atom. The fourth-order valence-electron chi connectivity index (χ4n) is 1.42. The Labute approximate surface area is 89.9 Å². The molecule has 0 saturated heterocycles. The molecule has 0 aromatic heterocycles. The standard InChI is InChI=1S/C10H11F4NO/c1-15-9(5-16)7-3-2-6(11)4-8(7)10(12,13)14/h2-4,9,15-16H,5H2,1H3. The van der Waals surface area contributed by atoms with Crippen molar-refractivity contribution in [3.05, 3.63) is 35.1 Å². The van der Waals surface area contributed by atoms with Crippen LogP contribution in [0.3, 0.4) is 0 Å². The van der Waals surface area contributed by atoms with Crippen molar-refractivity contribution in [2.75, 3.05) is 13.7 Å². The molecular weight excluding hydrogens is 226 g/mol. The van der Waals surface area contributed by atoms with Gasteiger partial charge in [-0.1, -0.05) is 6.07 Å². The van der Waals surface area contributed by atoms with E-state index in [0.29, 0.717) is 6.07 Å². The summed E-state index contributed by atoms with van der Waals surface area (Å²) in [6, 6.07) is 1.52. The fraction of sp³-hybridized carbons (Fsp3) is 0.400. The normalized spacial score (nSPS) is 13.9. The number of alkyl halides is 3. The van der Waals surface area contributed by atoms with Crippen LogP contribution >= 0.6 is 0 Å². The van der Waals surface area contributed by atoms with Crippen LogP contribution in [-0.2, 0) is 6.18 Å². The fourth-order valence-corrected chi connectivity index (χ4v) is 1.42. The lowest BCUT2D eigenvalue weighted by molar-refractivity contribution is -0.138. The average molecular weight is 237 g/mol. The number of benzene rings is 1. The average Bonchev–Trinajstić information content (AvgIpc) is 2.20. The molecule has 90 valence electrons. The smallest absolute Gasteiger partial charge is 0.394 e. The summed E-state index contributed by atoms with van der Waals surface area (Å²) in [4.78, 5) is 0. The molecule has 1 atom stereocenters. The molecule has 0 aliphatic heterocycles. The highest BCUT2D eigenvalue weighted by molar-refractivity contribution is 5.33. The number of hydrogen-bond donors (Lipinski definition) is 2. The zero-order chi connectivity index (χ0) is 12.3. The van der Waals surface area contributed by atoms with Crippen LogP contribution < -0.4 is 5.32 Å². The predicted molar refractivity (Wildman–Crippen MR) is 50.3 cm³/mol. The minimum absolute atomic E-state index is 0.168. The van der Waals surface area contributed by atoms with E-state index in [2.05, 4.69) is 5.32 Å². The van der Waals surface area contributed by atoms with E-state index >= 15 is 0 Å². The van der Waals surface area contributed by atoms with Crippen LogP contribution in [0.1, 0.15) is 17.2 Å². The van der Waals surface area contributed by atoms with Gasteiger partial charge >= 0.3 is 6.18 Å². The molecule has 0 spiro atoms. The van der Waals surface area contributed by atoms with Crippen molar-refractivity contribution in [3.63, 3.8) is 0 Å². The van der Waals surface area contributed by atoms with Crippen LogP contribution in [0.5, 0.6) is 0 Å². The molecule has 0 radical (unpaired) electrons. The van der Waals surface area contributed by atoms with Gasteiger partial charge in [-0.3, -0.25) is 0 Å². The first-order chi connectivity index (χ1) is 7.40. The van der Waals surface area contributed by atoms with Gasteiger partial charge in [-0.25, -0.2) is 4.39 Å². The zero-order valence-corrected chi connectivity index (χ0v) is 8.48. The van der Waals surface area contributed by atoms with E-state index in [-0.39, 0.29) is 5.56 Å². The van der Waals surface area contributed by atoms with Crippen LogP contribution in [-0.4, -0.2) is 18.8 Å². The number of halogens is 4. The quantitative estimate of drug-likeness (QED) is 0.789. The van der Waals surface area contributed by atoms with E-state index in [1.54, 1.807) is 0 Å². The van der Waals surface area contributed by atoms with Crippen LogP contribution in [0, 0.1) is 5.82 Å². The van der Waals surface area contributed by atoms with Crippen LogP contribution in [0.15, 0.2) is 18.2 Å². The minimum Gasteiger partial charge on any atom is -0.394 e. The van der Waals surface area contributed by atoms with Crippen molar-refractivity contribution in [1.29, 1.82) is 0 Å². The van der Waals surface area contributed by atoms with Crippen molar-refractivity contribution >= 4 is 0 Å². The van der Waals surface area contributed by atoms with Gasteiger partial charge < -0.3 is 10.4 Å². The minimum atomic E-state index is -4.64. The van der Waals surface area contributed by atoms with Crippen LogP contribution in [0.2, 0.25) is 0 Å². The third-order valence-electron chi connectivity index (χ3n) is 2.23. The molecular formula is C10H11F4NO. The lowest BCUT2D eigenvalue weighted by Gasteiger charge is -2.19. The van der Waals surface area contributed by atoms with Gasteiger partial charge in [0.25, 0.3) is 0 Å². The number of aliphatic hydroxyl groups is 1. The van der Waals surface area contributed by atoms with E-state index in [1.165, 1.54) is 7.05 Å². The van der Waals surface area contributed by atoms with Crippen molar-refractivity contribution in [3.8, 4) is 0 Å². The van der Waals surface area contributed by atoms with Crippen LogP contribution in [0.25, 0.3) is 0 Å².